The first-order valence-corrected chi connectivity index (χ1v) is 7.37. The van der Waals surface area contributed by atoms with Crippen LogP contribution in [0.15, 0.2) is 41.9 Å². The average Bonchev–Trinajstić information content (AvgIpc) is 3.02. The molecular weight excluding hydrogens is 272 g/mol. The molecule has 0 saturated carbocycles. The van der Waals surface area contributed by atoms with Crippen LogP contribution in [-0.2, 0) is 16.0 Å². The van der Waals surface area contributed by atoms with Crippen molar-refractivity contribution in [2.45, 2.75) is 13.3 Å². The Bertz CT molecular complexity index is 731. The summed E-state index contributed by atoms with van der Waals surface area (Å²) >= 11 is 1.59. The van der Waals surface area contributed by atoms with Crippen LogP contribution in [0.1, 0.15) is 12.6 Å². The number of aromatic nitrogens is 2. The Kier molecular flexibility index (Phi) is 3.52. The summed E-state index contributed by atoms with van der Waals surface area (Å²) in [6.45, 7) is 2.23. The van der Waals surface area contributed by atoms with Crippen molar-refractivity contribution in [2.75, 3.05) is 6.61 Å². The van der Waals surface area contributed by atoms with Gasteiger partial charge in [0.15, 0.2) is 5.69 Å². The zero-order valence-corrected chi connectivity index (χ0v) is 11.9. The standard InChI is InChI=1S/C15H14N2O2S/c1-2-19-14(18)8-12-10-20-15-16-13(9-17(12)15)11-6-4-3-5-7-11/h3-7,9-10H,2,8H2,1H3/p+1. The number of H-pyrrole nitrogens is 1. The average molecular weight is 287 g/mol. The van der Waals surface area contributed by atoms with Crippen molar-refractivity contribution < 1.29 is 13.9 Å². The first kappa shape index (κ1) is 12.9. The molecule has 0 atom stereocenters. The molecule has 2 heterocycles. The lowest BCUT2D eigenvalue weighted by atomic mass is 10.2. The van der Waals surface area contributed by atoms with Crippen LogP contribution in [0.4, 0.5) is 0 Å². The van der Waals surface area contributed by atoms with Crippen LogP contribution in [0.3, 0.4) is 0 Å². The molecule has 3 rings (SSSR count). The lowest BCUT2D eigenvalue weighted by molar-refractivity contribution is -0.514. The van der Waals surface area contributed by atoms with Gasteiger partial charge in [-0.3, -0.25) is 4.79 Å². The second kappa shape index (κ2) is 5.46. The Balaban J connectivity index is 1.93. The highest BCUT2D eigenvalue weighted by Gasteiger charge is 2.18. The first-order chi connectivity index (χ1) is 9.78. The molecule has 0 bridgehead atoms. The van der Waals surface area contributed by atoms with E-state index >= 15 is 0 Å². The van der Waals surface area contributed by atoms with Crippen LogP contribution >= 0.6 is 11.3 Å². The second-order valence-corrected chi connectivity index (χ2v) is 5.28. The molecule has 0 saturated heterocycles. The fourth-order valence-corrected chi connectivity index (χ4v) is 3.02. The van der Waals surface area contributed by atoms with E-state index in [1.54, 1.807) is 11.3 Å². The maximum absolute atomic E-state index is 11.6. The lowest BCUT2D eigenvalue weighted by Crippen LogP contribution is -2.24. The van der Waals surface area contributed by atoms with Gasteiger partial charge in [0.05, 0.1) is 6.61 Å². The van der Waals surface area contributed by atoms with E-state index in [1.807, 2.05) is 41.1 Å². The maximum atomic E-state index is 11.6. The molecule has 1 N–H and O–H groups in total. The van der Waals surface area contributed by atoms with Crippen LogP contribution < -0.4 is 4.40 Å². The number of carbonyl (C=O) groups excluding carboxylic acids is 1. The zero-order chi connectivity index (χ0) is 13.9. The molecule has 0 fully saturated rings. The number of ether oxygens (including phenoxy) is 1. The van der Waals surface area contributed by atoms with Crippen LogP contribution in [0.5, 0.6) is 0 Å². The van der Waals surface area contributed by atoms with Gasteiger partial charge in [0.1, 0.15) is 18.3 Å². The number of hydrogen-bond donors (Lipinski definition) is 1. The fraction of sp³-hybridized carbons (Fsp3) is 0.200. The Hall–Kier alpha value is -2.14. The summed E-state index contributed by atoms with van der Waals surface area (Å²) in [5.41, 5.74) is 3.12. The van der Waals surface area contributed by atoms with Gasteiger partial charge in [0.25, 0.3) is 0 Å². The van der Waals surface area contributed by atoms with Gasteiger partial charge < -0.3 is 4.74 Å². The Labute approximate surface area is 120 Å². The Morgan fingerprint density at radius 2 is 2.15 bits per heavy atom. The van der Waals surface area contributed by atoms with Crippen molar-refractivity contribution in [2.24, 2.45) is 0 Å². The number of imidazole rings is 1. The van der Waals surface area contributed by atoms with Crippen LogP contribution in [0, 0.1) is 0 Å². The molecule has 20 heavy (non-hydrogen) atoms. The number of hydrogen-bond acceptors (Lipinski definition) is 3. The van der Waals surface area contributed by atoms with Crippen molar-refractivity contribution in [1.29, 1.82) is 0 Å². The third kappa shape index (κ3) is 2.44. The lowest BCUT2D eigenvalue weighted by Gasteiger charge is -1.97. The fourth-order valence-electron chi connectivity index (χ4n) is 2.13. The highest BCUT2D eigenvalue weighted by Crippen LogP contribution is 2.19. The summed E-state index contributed by atoms with van der Waals surface area (Å²) in [4.78, 5) is 16.0. The number of rotatable bonds is 4. The largest absolute Gasteiger partial charge is 0.466 e. The monoisotopic (exact) mass is 287 g/mol. The number of carbonyl (C=O) groups is 1. The second-order valence-electron chi connectivity index (χ2n) is 4.42. The quantitative estimate of drug-likeness (QED) is 0.592. The van der Waals surface area contributed by atoms with Gasteiger partial charge in [-0.1, -0.05) is 41.7 Å². The van der Waals surface area contributed by atoms with Gasteiger partial charge in [-0.25, -0.2) is 4.98 Å². The number of nitrogens with zero attached hydrogens (tertiary/aromatic N) is 1. The normalized spacial score (nSPS) is 10.8. The van der Waals surface area contributed by atoms with E-state index in [2.05, 4.69) is 17.1 Å². The minimum Gasteiger partial charge on any atom is -0.466 e. The maximum Gasteiger partial charge on any atom is 0.344 e. The van der Waals surface area contributed by atoms with Crippen molar-refractivity contribution >= 4 is 22.3 Å². The van der Waals surface area contributed by atoms with Gasteiger partial charge in [0.2, 0.25) is 0 Å². The topological polar surface area (TPSA) is 46.2 Å². The minimum absolute atomic E-state index is 0.192. The minimum atomic E-state index is -0.192. The van der Waals surface area contributed by atoms with E-state index in [9.17, 15) is 4.79 Å². The van der Waals surface area contributed by atoms with Gasteiger partial charge in [-0.2, -0.15) is 4.40 Å². The van der Waals surface area contributed by atoms with Gasteiger partial charge in [-0.05, 0) is 6.92 Å². The van der Waals surface area contributed by atoms with Crippen LogP contribution in [0.25, 0.3) is 16.2 Å². The van der Waals surface area contributed by atoms with Gasteiger partial charge in [0, 0.05) is 10.9 Å². The van der Waals surface area contributed by atoms with E-state index in [4.69, 9.17) is 4.74 Å². The molecule has 4 nitrogen and oxygen atoms in total. The van der Waals surface area contributed by atoms with E-state index in [1.165, 1.54) is 0 Å². The van der Waals surface area contributed by atoms with E-state index in [0.29, 0.717) is 13.0 Å². The molecule has 2 aromatic heterocycles. The first-order valence-electron chi connectivity index (χ1n) is 6.49. The number of benzene rings is 1. The Morgan fingerprint density at radius 1 is 1.35 bits per heavy atom. The van der Waals surface area contributed by atoms with Crippen molar-refractivity contribution in [3.8, 4) is 11.3 Å². The molecule has 3 aromatic rings. The Morgan fingerprint density at radius 3 is 2.90 bits per heavy atom. The molecular formula is C15H15N2O2S+. The number of aromatic amines is 1. The van der Waals surface area contributed by atoms with Gasteiger partial charge in [-0.15, -0.1) is 0 Å². The van der Waals surface area contributed by atoms with E-state index in [-0.39, 0.29) is 5.97 Å². The number of thiazole rings is 1. The third-order valence-corrected chi connectivity index (χ3v) is 3.96. The SMILES string of the molecule is CCOC(=O)Cc1csc2[nH]c(-c3ccccc3)c[n+]12. The van der Waals surface area contributed by atoms with E-state index < -0.39 is 0 Å². The smallest absolute Gasteiger partial charge is 0.344 e. The van der Waals surface area contributed by atoms with Crippen LogP contribution in [-0.4, -0.2) is 17.6 Å². The summed E-state index contributed by atoms with van der Waals surface area (Å²) in [6.07, 6.45) is 2.32. The molecule has 0 unspecified atom stereocenters. The molecule has 0 spiro atoms. The molecule has 0 aliphatic rings. The summed E-state index contributed by atoms with van der Waals surface area (Å²) in [5, 5.41) is 1.98. The zero-order valence-electron chi connectivity index (χ0n) is 11.1. The molecule has 1 aromatic carbocycles. The highest BCUT2D eigenvalue weighted by atomic mass is 32.1. The molecule has 0 aliphatic carbocycles. The summed E-state index contributed by atoms with van der Waals surface area (Å²) < 4.78 is 7.02. The summed E-state index contributed by atoms with van der Waals surface area (Å²) in [5.74, 6) is -0.192. The predicted molar refractivity (Wildman–Crippen MR) is 77.6 cm³/mol. The van der Waals surface area contributed by atoms with Crippen molar-refractivity contribution in [3.63, 3.8) is 0 Å². The third-order valence-electron chi connectivity index (χ3n) is 3.05. The van der Waals surface area contributed by atoms with Crippen LogP contribution in [0.2, 0.25) is 0 Å². The highest BCUT2D eigenvalue weighted by molar-refractivity contribution is 7.14. The number of nitrogens with one attached hydrogen (secondary N) is 1. The van der Waals surface area contributed by atoms with Crippen molar-refractivity contribution in [3.05, 3.63) is 47.6 Å². The number of esters is 1. The summed E-state index contributed by atoms with van der Waals surface area (Å²) in [6, 6.07) is 10.1. The van der Waals surface area contributed by atoms with Gasteiger partial charge >= 0.3 is 10.9 Å². The molecule has 0 amide bonds. The van der Waals surface area contributed by atoms with Crippen molar-refractivity contribution in [1.82, 2.24) is 4.98 Å². The number of fused-ring (bicyclic) bond motifs is 1. The van der Waals surface area contributed by atoms with E-state index in [0.717, 1.165) is 21.9 Å². The molecule has 5 heteroatoms. The molecule has 0 aliphatic heterocycles. The molecule has 0 radical (unpaired) electrons. The predicted octanol–water partition coefficient (Wildman–Crippen LogP) is 2.59. The summed E-state index contributed by atoms with van der Waals surface area (Å²) in [7, 11) is 0. The molecule has 102 valence electrons.